The van der Waals surface area contributed by atoms with Gasteiger partial charge in [0.1, 0.15) is 4.90 Å². The second-order valence-electron chi connectivity index (χ2n) is 4.11. The Morgan fingerprint density at radius 3 is 2.63 bits per heavy atom. The van der Waals surface area contributed by atoms with Crippen LogP contribution in [0, 0.1) is 0 Å². The zero-order chi connectivity index (χ0) is 13.9. The first-order valence-electron chi connectivity index (χ1n) is 5.93. The molecule has 0 atom stereocenters. The molecular weight excluding hydrogens is 264 g/mol. The highest BCUT2D eigenvalue weighted by Crippen LogP contribution is 2.20. The summed E-state index contributed by atoms with van der Waals surface area (Å²) in [6.07, 6.45) is 2.30. The van der Waals surface area contributed by atoms with Crippen LogP contribution < -0.4 is 10.5 Å². The van der Waals surface area contributed by atoms with Crippen LogP contribution in [0.4, 0.5) is 11.5 Å². The van der Waals surface area contributed by atoms with Crippen LogP contribution >= 0.6 is 0 Å². The summed E-state index contributed by atoms with van der Waals surface area (Å²) in [5, 5.41) is 3.98. The molecule has 0 aliphatic heterocycles. The minimum atomic E-state index is -3.70. The molecule has 6 nitrogen and oxygen atoms in total. The summed E-state index contributed by atoms with van der Waals surface area (Å²) in [7, 11) is -3.70. The number of benzene rings is 1. The predicted molar refractivity (Wildman–Crippen MR) is 74.2 cm³/mol. The van der Waals surface area contributed by atoms with Crippen LogP contribution in [-0.2, 0) is 16.6 Å². The Hall–Kier alpha value is -2.02. The number of nitrogens with zero attached hydrogens (tertiary/aromatic N) is 2. The zero-order valence-electron chi connectivity index (χ0n) is 10.6. The first-order valence-corrected chi connectivity index (χ1v) is 7.42. The lowest BCUT2D eigenvalue weighted by atomic mass is 10.3. The first kappa shape index (κ1) is 13.4. The van der Waals surface area contributed by atoms with Crippen molar-refractivity contribution in [3.63, 3.8) is 0 Å². The van der Waals surface area contributed by atoms with Gasteiger partial charge >= 0.3 is 0 Å². The molecule has 0 spiro atoms. The zero-order valence-corrected chi connectivity index (χ0v) is 11.4. The Labute approximate surface area is 112 Å². The summed E-state index contributed by atoms with van der Waals surface area (Å²) in [5.41, 5.74) is 6.15. The maximum absolute atomic E-state index is 12.2. The third kappa shape index (κ3) is 3.05. The van der Waals surface area contributed by atoms with Gasteiger partial charge in [-0.2, -0.15) is 5.10 Å². The van der Waals surface area contributed by atoms with E-state index < -0.39 is 10.0 Å². The molecule has 0 saturated heterocycles. The average Bonchev–Trinajstić information content (AvgIpc) is 2.72. The molecule has 2 rings (SSSR count). The van der Waals surface area contributed by atoms with Gasteiger partial charge in [-0.25, -0.2) is 8.42 Å². The number of sulfonamides is 1. The number of nitrogen functional groups attached to an aromatic ring is 1. The fourth-order valence-corrected chi connectivity index (χ4v) is 2.82. The van der Waals surface area contributed by atoms with E-state index in [0.29, 0.717) is 12.2 Å². The molecule has 2 aromatic rings. The van der Waals surface area contributed by atoms with Gasteiger partial charge in [-0.15, -0.1) is 0 Å². The third-order valence-corrected chi connectivity index (χ3v) is 3.92. The van der Waals surface area contributed by atoms with Crippen LogP contribution in [0.1, 0.15) is 13.3 Å². The maximum atomic E-state index is 12.2. The number of hydrogen-bond acceptors (Lipinski definition) is 4. The Morgan fingerprint density at radius 1 is 1.32 bits per heavy atom. The van der Waals surface area contributed by atoms with E-state index in [1.807, 2.05) is 13.0 Å². The number of hydrogen-bond donors (Lipinski definition) is 2. The van der Waals surface area contributed by atoms with Crippen LogP contribution in [-0.4, -0.2) is 18.2 Å². The quantitative estimate of drug-likeness (QED) is 0.871. The summed E-state index contributed by atoms with van der Waals surface area (Å²) in [4.78, 5) is 0.00445. The Morgan fingerprint density at radius 2 is 2.00 bits per heavy atom. The highest BCUT2D eigenvalue weighted by atomic mass is 32.2. The summed E-state index contributed by atoms with van der Waals surface area (Å²) < 4.78 is 28.4. The highest BCUT2D eigenvalue weighted by Gasteiger charge is 2.21. The summed E-state index contributed by atoms with van der Waals surface area (Å²) in [6.45, 7) is 2.61. The molecule has 0 saturated carbocycles. The molecule has 3 N–H and O–H groups in total. The Balaban J connectivity index is 2.29. The summed E-state index contributed by atoms with van der Waals surface area (Å²) in [5.74, 6) is 0.0110. The minimum absolute atomic E-state index is 0.00445. The molecule has 0 amide bonds. The molecule has 19 heavy (non-hydrogen) atoms. The molecule has 7 heteroatoms. The van der Waals surface area contributed by atoms with Crippen LogP contribution in [0.5, 0.6) is 0 Å². The molecule has 1 heterocycles. The number of para-hydroxylation sites is 1. The van der Waals surface area contributed by atoms with Crippen LogP contribution in [0.15, 0.2) is 41.4 Å². The standard InChI is InChI=1S/C12H16N4O2S/c1-2-8-16-9-11(12(13)14-16)19(17,18)15-10-6-4-3-5-7-10/h3-7,9,15H,2,8H2,1H3,(H2,13,14). The van der Waals surface area contributed by atoms with Gasteiger partial charge in [-0.3, -0.25) is 9.40 Å². The SMILES string of the molecule is CCCn1cc(S(=O)(=O)Nc2ccccc2)c(N)n1. The maximum Gasteiger partial charge on any atom is 0.267 e. The van der Waals surface area contributed by atoms with Crippen molar-refractivity contribution in [1.82, 2.24) is 9.78 Å². The van der Waals surface area contributed by atoms with Crippen molar-refractivity contribution < 1.29 is 8.42 Å². The van der Waals surface area contributed by atoms with Crippen LogP contribution in [0.2, 0.25) is 0 Å². The van der Waals surface area contributed by atoms with Gasteiger partial charge in [-0.1, -0.05) is 25.1 Å². The normalized spacial score (nSPS) is 11.4. The van der Waals surface area contributed by atoms with Gasteiger partial charge in [0.25, 0.3) is 10.0 Å². The average molecular weight is 280 g/mol. The fourth-order valence-electron chi connectivity index (χ4n) is 1.69. The van der Waals surface area contributed by atoms with Crippen molar-refractivity contribution in [2.45, 2.75) is 24.8 Å². The van der Waals surface area contributed by atoms with E-state index in [9.17, 15) is 8.42 Å². The predicted octanol–water partition coefficient (Wildman–Crippen LogP) is 1.68. The molecule has 0 bridgehead atoms. The lowest BCUT2D eigenvalue weighted by Crippen LogP contribution is -2.13. The van der Waals surface area contributed by atoms with E-state index in [2.05, 4.69) is 9.82 Å². The summed E-state index contributed by atoms with van der Waals surface area (Å²) in [6, 6.07) is 8.66. The topological polar surface area (TPSA) is 90.0 Å². The Bertz CT molecular complexity index is 650. The second kappa shape index (κ2) is 5.31. The molecule has 102 valence electrons. The minimum Gasteiger partial charge on any atom is -0.381 e. The van der Waals surface area contributed by atoms with Gasteiger partial charge in [0.2, 0.25) is 0 Å². The van der Waals surface area contributed by atoms with E-state index in [-0.39, 0.29) is 10.7 Å². The smallest absolute Gasteiger partial charge is 0.267 e. The van der Waals surface area contributed by atoms with Gasteiger partial charge in [-0.05, 0) is 18.6 Å². The van der Waals surface area contributed by atoms with Crippen molar-refractivity contribution in [2.24, 2.45) is 0 Å². The van der Waals surface area contributed by atoms with Crippen LogP contribution in [0.25, 0.3) is 0 Å². The van der Waals surface area contributed by atoms with Crippen molar-refractivity contribution in [3.8, 4) is 0 Å². The lowest BCUT2D eigenvalue weighted by molar-refractivity contribution is 0.595. The van der Waals surface area contributed by atoms with E-state index >= 15 is 0 Å². The lowest BCUT2D eigenvalue weighted by Gasteiger charge is -2.06. The monoisotopic (exact) mass is 280 g/mol. The van der Waals surface area contributed by atoms with E-state index in [0.717, 1.165) is 6.42 Å². The molecule has 0 aliphatic rings. The number of anilines is 2. The second-order valence-corrected chi connectivity index (χ2v) is 5.76. The molecule has 0 unspecified atom stereocenters. The molecule has 1 aromatic heterocycles. The van der Waals surface area contributed by atoms with E-state index in [1.165, 1.54) is 10.9 Å². The fraction of sp³-hybridized carbons (Fsp3) is 0.250. The molecular formula is C12H16N4O2S. The Kier molecular flexibility index (Phi) is 3.75. The van der Waals surface area contributed by atoms with Crippen molar-refractivity contribution in [2.75, 3.05) is 10.5 Å². The molecule has 0 radical (unpaired) electrons. The van der Waals surface area contributed by atoms with Gasteiger partial charge < -0.3 is 5.73 Å². The number of aryl methyl sites for hydroxylation is 1. The molecule has 0 fully saturated rings. The number of nitrogens with two attached hydrogens (primary N) is 1. The highest BCUT2D eigenvalue weighted by molar-refractivity contribution is 7.92. The first-order chi connectivity index (χ1) is 9.03. The van der Waals surface area contributed by atoms with Crippen molar-refractivity contribution in [1.29, 1.82) is 0 Å². The summed E-state index contributed by atoms with van der Waals surface area (Å²) >= 11 is 0. The molecule has 0 aliphatic carbocycles. The van der Waals surface area contributed by atoms with Gasteiger partial charge in [0.15, 0.2) is 5.82 Å². The largest absolute Gasteiger partial charge is 0.381 e. The van der Waals surface area contributed by atoms with Crippen LogP contribution in [0.3, 0.4) is 0 Å². The third-order valence-electron chi connectivity index (χ3n) is 2.52. The van der Waals surface area contributed by atoms with Crippen molar-refractivity contribution in [3.05, 3.63) is 36.5 Å². The van der Waals surface area contributed by atoms with Crippen molar-refractivity contribution >= 4 is 21.5 Å². The molecule has 1 aromatic carbocycles. The van der Waals surface area contributed by atoms with E-state index in [4.69, 9.17) is 5.73 Å². The van der Waals surface area contributed by atoms with E-state index in [1.54, 1.807) is 24.3 Å². The number of nitrogens with one attached hydrogen (secondary N) is 1. The van der Waals surface area contributed by atoms with Gasteiger partial charge in [0, 0.05) is 18.4 Å². The number of aromatic nitrogens is 2. The number of rotatable bonds is 5. The van der Waals surface area contributed by atoms with Gasteiger partial charge in [0.05, 0.1) is 0 Å².